The third kappa shape index (κ3) is 4.94. The lowest BCUT2D eigenvalue weighted by Crippen LogP contribution is -2.61. The lowest BCUT2D eigenvalue weighted by molar-refractivity contribution is -0.925. The molecule has 206 valence electrons. The molecule has 2 saturated heterocycles. The summed E-state index contributed by atoms with van der Waals surface area (Å²) in [5.74, 6) is -1.82. The predicted octanol–water partition coefficient (Wildman–Crippen LogP) is 3.29. The molecular weight excluding hydrogens is 537 g/mol. The van der Waals surface area contributed by atoms with Gasteiger partial charge in [-0.3, -0.25) is 24.0 Å². The maximum absolute atomic E-state index is 14.0. The van der Waals surface area contributed by atoms with E-state index in [2.05, 4.69) is 0 Å². The molecule has 1 aromatic rings. The van der Waals surface area contributed by atoms with Gasteiger partial charge in [0.25, 0.3) is 11.4 Å². The summed E-state index contributed by atoms with van der Waals surface area (Å²) in [7, 11) is 2.74. The highest BCUT2D eigenvalue weighted by Crippen LogP contribution is 2.61. The van der Waals surface area contributed by atoms with Crippen molar-refractivity contribution < 1.29 is 42.1 Å². The number of likely N-dealkylation sites (N-methyl/N-ethyl adjacent to an activating group) is 1. The van der Waals surface area contributed by atoms with Gasteiger partial charge in [0.2, 0.25) is 5.91 Å². The standard InChI is InChI=1S/C24H31N3O9PS/c1-27(2,3)24(15-38,36-37(32,33-4)21-6-5-11-34-21)19-12-18-13-20(28)25(18)22(19)23(29)35-14-16-7-9-17(10-8-16)26(30)31/h7-10,15,18,21H,5-6,11-14H2,1-4H3/q+1. The molecule has 0 spiro atoms. The van der Waals surface area contributed by atoms with Crippen LogP contribution in [0.5, 0.6) is 0 Å². The maximum atomic E-state index is 14.0. The molecule has 3 aliphatic heterocycles. The Labute approximate surface area is 225 Å². The van der Waals surface area contributed by atoms with E-state index in [0.717, 1.165) is 0 Å². The molecule has 12 nitrogen and oxygen atoms in total. The van der Waals surface area contributed by atoms with Crippen molar-refractivity contribution in [2.75, 3.05) is 34.9 Å². The lowest BCUT2D eigenvalue weighted by Gasteiger charge is -2.45. The monoisotopic (exact) mass is 568 g/mol. The molecule has 14 heteroatoms. The second kappa shape index (κ2) is 10.6. The molecule has 4 rings (SSSR count). The molecule has 3 aliphatic rings. The zero-order valence-electron chi connectivity index (χ0n) is 21.7. The van der Waals surface area contributed by atoms with Crippen LogP contribution in [0.15, 0.2) is 35.5 Å². The highest BCUT2D eigenvalue weighted by atomic mass is 32.1. The largest absolute Gasteiger partial charge is 0.456 e. The van der Waals surface area contributed by atoms with Crippen LogP contribution in [-0.2, 0) is 39.3 Å². The fourth-order valence-electron chi connectivity index (χ4n) is 4.95. The number of esters is 1. The molecule has 0 bridgehead atoms. The van der Waals surface area contributed by atoms with Crippen LogP contribution in [0.4, 0.5) is 5.69 Å². The van der Waals surface area contributed by atoms with Crippen LogP contribution < -0.4 is 0 Å². The zero-order valence-corrected chi connectivity index (χ0v) is 23.4. The molecule has 1 aromatic carbocycles. The van der Waals surface area contributed by atoms with Gasteiger partial charge < -0.3 is 18.9 Å². The first-order chi connectivity index (χ1) is 17.9. The predicted molar refractivity (Wildman–Crippen MR) is 139 cm³/mol. The first kappa shape index (κ1) is 28.5. The molecule has 0 aliphatic carbocycles. The molecule has 0 saturated carbocycles. The summed E-state index contributed by atoms with van der Waals surface area (Å²) in [6.07, 6.45) is 1.68. The van der Waals surface area contributed by atoms with Gasteiger partial charge in [-0.15, -0.1) is 0 Å². The Bertz CT molecular complexity index is 1220. The number of carbonyl (C=O) groups excluding carboxylic acids is 2. The molecule has 4 atom stereocenters. The van der Waals surface area contributed by atoms with E-state index in [1.165, 1.54) is 41.6 Å². The number of hydrogen-bond donors (Lipinski definition) is 0. The van der Waals surface area contributed by atoms with Crippen molar-refractivity contribution in [3.63, 3.8) is 0 Å². The first-order valence-corrected chi connectivity index (χ1v) is 14.2. The van der Waals surface area contributed by atoms with Crippen LogP contribution >= 0.6 is 19.8 Å². The van der Waals surface area contributed by atoms with Crippen molar-refractivity contribution in [2.24, 2.45) is 0 Å². The Kier molecular flexibility index (Phi) is 7.91. The second-order valence-corrected chi connectivity index (χ2v) is 12.7. The van der Waals surface area contributed by atoms with Gasteiger partial charge in [0.05, 0.1) is 43.0 Å². The van der Waals surface area contributed by atoms with Gasteiger partial charge in [0.1, 0.15) is 12.3 Å². The van der Waals surface area contributed by atoms with E-state index in [0.29, 0.717) is 30.6 Å². The number of thiocarbonyl (C=S) groups is 1. The number of quaternary nitrogens is 1. The summed E-state index contributed by atoms with van der Waals surface area (Å²) in [4.78, 5) is 37.9. The highest BCUT2D eigenvalue weighted by Gasteiger charge is 2.61. The Hall–Kier alpha value is -2.54. The van der Waals surface area contributed by atoms with E-state index < -0.39 is 30.1 Å². The molecule has 3 heterocycles. The number of nitrogens with zero attached hydrogens (tertiary/aromatic N) is 3. The number of hydrogen-bond acceptors (Lipinski definition) is 10. The minimum Gasteiger partial charge on any atom is -0.456 e. The van der Waals surface area contributed by atoms with E-state index in [1.54, 1.807) is 21.1 Å². The van der Waals surface area contributed by atoms with Crippen molar-refractivity contribution in [3.8, 4) is 0 Å². The molecule has 0 radical (unpaired) electrons. The van der Waals surface area contributed by atoms with Crippen LogP contribution in [0.2, 0.25) is 0 Å². The third-order valence-corrected chi connectivity index (χ3v) is 9.56. The van der Waals surface area contributed by atoms with Crippen LogP contribution in [0.25, 0.3) is 0 Å². The number of rotatable bonds is 11. The van der Waals surface area contributed by atoms with E-state index in [1.807, 2.05) is 0 Å². The van der Waals surface area contributed by atoms with Crippen LogP contribution in [0.1, 0.15) is 31.2 Å². The van der Waals surface area contributed by atoms with E-state index in [-0.39, 0.29) is 47.3 Å². The fourth-order valence-corrected chi connectivity index (χ4v) is 7.54. The van der Waals surface area contributed by atoms with Crippen molar-refractivity contribution in [3.05, 3.63) is 51.2 Å². The summed E-state index contributed by atoms with van der Waals surface area (Å²) >= 11 is 5.47. The first-order valence-electron chi connectivity index (χ1n) is 12.1. The summed E-state index contributed by atoms with van der Waals surface area (Å²) in [6, 6.07) is 5.32. The maximum Gasteiger partial charge on any atom is 0.364 e. The minimum absolute atomic E-state index is 0.00250. The zero-order chi connectivity index (χ0) is 27.9. The molecule has 1 amide bonds. The van der Waals surface area contributed by atoms with Gasteiger partial charge in [0.15, 0.2) is 5.85 Å². The van der Waals surface area contributed by atoms with Crippen LogP contribution in [-0.4, -0.2) is 84.0 Å². The number of ether oxygens (including phenoxy) is 2. The minimum atomic E-state index is -3.88. The number of carbonyl (C=O) groups is 2. The second-order valence-electron chi connectivity index (χ2n) is 10.3. The van der Waals surface area contributed by atoms with Gasteiger partial charge in [-0.1, -0.05) is 12.2 Å². The van der Waals surface area contributed by atoms with Crippen molar-refractivity contribution in [1.82, 2.24) is 4.90 Å². The lowest BCUT2D eigenvalue weighted by atomic mass is 9.94. The van der Waals surface area contributed by atoms with Crippen molar-refractivity contribution in [1.29, 1.82) is 0 Å². The number of β-lactam (4-membered cyclic amide) rings is 1. The van der Waals surface area contributed by atoms with Crippen molar-refractivity contribution >= 4 is 42.7 Å². The van der Waals surface area contributed by atoms with Crippen LogP contribution in [0.3, 0.4) is 0 Å². The molecule has 0 N–H and O–H groups in total. The number of fused-ring (bicyclic) bond motifs is 1. The van der Waals surface area contributed by atoms with Gasteiger partial charge in [0, 0.05) is 38.7 Å². The third-order valence-electron chi connectivity index (χ3n) is 7.09. The summed E-state index contributed by atoms with van der Waals surface area (Å²) < 4.78 is 36.9. The van der Waals surface area contributed by atoms with Gasteiger partial charge in [-0.2, -0.15) is 0 Å². The number of nitro groups is 1. The molecule has 0 aromatic heterocycles. The molecule has 2 fully saturated rings. The summed E-state index contributed by atoms with van der Waals surface area (Å²) in [6.45, 7) is 0.242. The number of amides is 1. The Morgan fingerprint density at radius 2 is 2.00 bits per heavy atom. The highest BCUT2D eigenvalue weighted by molar-refractivity contribution is 7.79. The number of non-ortho nitro benzene ring substituents is 1. The summed E-state index contributed by atoms with van der Waals surface area (Å²) in [5.41, 5.74) is -0.778. The average Bonchev–Trinajstić information content (AvgIpc) is 3.52. The summed E-state index contributed by atoms with van der Waals surface area (Å²) in [5, 5.41) is 12.2. The topological polar surface area (TPSA) is 135 Å². The quantitative estimate of drug-likeness (QED) is 0.0572. The Morgan fingerprint density at radius 3 is 2.50 bits per heavy atom. The normalized spacial score (nSPS) is 24.3. The van der Waals surface area contributed by atoms with Crippen molar-refractivity contribution in [2.45, 2.75) is 49.9 Å². The van der Waals surface area contributed by atoms with Gasteiger partial charge in [-0.25, -0.2) is 9.32 Å². The van der Waals surface area contributed by atoms with E-state index in [9.17, 15) is 24.3 Å². The SMILES string of the molecule is COP(=O)(OC(C=S)(C1=C(C(=O)OCc2ccc([N+](=O)[O-])cc2)N2C(=O)CC2C1)[N+](C)(C)C)C1CCCO1. The van der Waals surface area contributed by atoms with E-state index >= 15 is 0 Å². The van der Waals surface area contributed by atoms with E-state index in [4.69, 9.17) is 30.7 Å². The fraction of sp³-hybridized carbons (Fsp3) is 0.542. The van der Waals surface area contributed by atoms with Gasteiger partial charge >= 0.3 is 13.6 Å². The smallest absolute Gasteiger partial charge is 0.364 e. The Balaban J connectivity index is 1.72. The van der Waals surface area contributed by atoms with Crippen LogP contribution in [0, 0.1) is 10.1 Å². The van der Waals surface area contributed by atoms with Gasteiger partial charge in [-0.05, 0) is 30.5 Å². The Morgan fingerprint density at radius 1 is 1.32 bits per heavy atom. The number of nitro benzene ring substituents is 1. The number of benzene rings is 1. The molecule has 38 heavy (non-hydrogen) atoms. The average molecular weight is 569 g/mol. The molecular formula is C24H31N3O9PS+. The molecule has 4 unspecified atom stereocenters.